The zero-order valence-corrected chi connectivity index (χ0v) is 12.3. The lowest BCUT2D eigenvalue weighted by Gasteiger charge is -2.04. The lowest BCUT2D eigenvalue weighted by molar-refractivity contribution is -0.384. The molecule has 21 heavy (non-hydrogen) atoms. The van der Waals surface area contributed by atoms with Crippen molar-refractivity contribution in [2.45, 2.75) is 19.3 Å². The summed E-state index contributed by atoms with van der Waals surface area (Å²) in [6.07, 6.45) is 3.01. The molecular formula is C13H10ClN3O3S. The van der Waals surface area contributed by atoms with Crippen molar-refractivity contribution in [3.05, 3.63) is 49.5 Å². The summed E-state index contributed by atoms with van der Waals surface area (Å²) in [5.41, 5.74) is 0.813. The van der Waals surface area contributed by atoms with E-state index in [2.05, 4.69) is 10.3 Å². The van der Waals surface area contributed by atoms with Crippen LogP contribution in [0.25, 0.3) is 0 Å². The summed E-state index contributed by atoms with van der Waals surface area (Å²) < 4.78 is 0. The monoisotopic (exact) mass is 323 g/mol. The number of thiazole rings is 1. The highest BCUT2D eigenvalue weighted by Crippen LogP contribution is 2.32. The molecule has 1 amide bonds. The fourth-order valence-corrected chi connectivity index (χ4v) is 3.57. The molecule has 0 fully saturated rings. The van der Waals surface area contributed by atoms with E-state index < -0.39 is 10.8 Å². The minimum absolute atomic E-state index is 0.0706. The lowest BCUT2D eigenvalue weighted by atomic mass is 10.2. The Morgan fingerprint density at radius 1 is 1.43 bits per heavy atom. The van der Waals surface area contributed by atoms with E-state index in [0.29, 0.717) is 5.13 Å². The first kappa shape index (κ1) is 14.0. The summed E-state index contributed by atoms with van der Waals surface area (Å²) in [5.74, 6) is -0.490. The van der Waals surface area contributed by atoms with Gasteiger partial charge in [-0.25, -0.2) is 4.98 Å². The fourth-order valence-electron chi connectivity index (χ4n) is 2.24. The third-order valence-electron chi connectivity index (χ3n) is 3.24. The molecule has 0 saturated heterocycles. The van der Waals surface area contributed by atoms with Gasteiger partial charge in [-0.2, -0.15) is 0 Å². The molecule has 108 valence electrons. The average molecular weight is 324 g/mol. The molecule has 2 aromatic rings. The Balaban J connectivity index is 1.85. The summed E-state index contributed by atoms with van der Waals surface area (Å²) in [5, 5.41) is 13.8. The summed E-state index contributed by atoms with van der Waals surface area (Å²) in [7, 11) is 0. The largest absolute Gasteiger partial charge is 0.298 e. The smallest absolute Gasteiger partial charge is 0.288 e. The van der Waals surface area contributed by atoms with Gasteiger partial charge in [0.2, 0.25) is 0 Å². The predicted molar refractivity (Wildman–Crippen MR) is 80.2 cm³/mol. The van der Waals surface area contributed by atoms with Crippen molar-refractivity contribution in [3.8, 4) is 0 Å². The van der Waals surface area contributed by atoms with Crippen LogP contribution in [0.4, 0.5) is 10.8 Å². The Bertz CT molecular complexity index is 723. The molecule has 0 spiro atoms. The molecular weight excluding hydrogens is 314 g/mol. The number of carbonyl (C=O) groups is 1. The highest BCUT2D eigenvalue weighted by molar-refractivity contribution is 7.16. The minimum atomic E-state index is -0.614. The van der Waals surface area contributed by atoms with Gasteiger partial charge in [-0.3, -0.25) is 20.2 Å². The maximum atomic E-state index is 12.2. The van der Waals surface area contributed by atoms with Crippen molar-refractivity contribution in [2.24, 2.45) is 0 Å². The topological polar surface area (TPSA) is 85.1 Å². The van der Waals surface area contributed by atoms with E-state index >= 15 is 0 Å². The second kappa shape index (κ2) is 5.42. The third kappa shape index (κ3) is 2.62. The predicted octanol–water partition coefficient (Wildman–Crippen LogP) is 3.45. The summed E-state index contributed by atoms with van der Waals surface area (Å²) >= 11 is 7.36. The van der Waals surface area contributed by atoms with Gasteiger partial charge in [0.25, 0.3) is 11.6 Å². The molecule has 1 aromatic carbocycles. The molecule has 0 atom stereocenters. The Morgan fingerprint density at radius 2 is 2.24 bits per heavy atom. The molecule has 1 N–H and O–H groups in total. The average Bonchev–Trinajstić information content (AvgIpc) is 2.99. The molecule has 6 nitrogen and oxygen atoms in total. The number of hydrogen-bond acceptors (Lipinski definition) is 5. The zero-order chi connectivity index (χ0) is 15.0. The van der Waals surface area contributed by atoms with Crippen LogP contribution in [0.3, 0.4) is 0 Å². The van der Waals surface area contributed by atoms with Crippen LogP contribution in [-0.4, -0.2) is 15.8 Å². The molecule has 0 unspecified atom stereocenters. The van der Waals surface area contributed by atoms with E-state index in [-0.39, 0.29) is 16.3 Å². The standard InChI is InChI=1S/C13H10ClN3O3S/c14-11-7(3-1-5-9(11)17(19)20)12(18)16-13-15-8-4-2-6-10(8)21-13/h1,3,5H,2,4,6H2,(H,15,16,18). The zero-order valence-electron chi connectivity index (χ0n) is 10.8. The fraction of sp³-hybridized carbons (Fsp3) is 0.231. The number of fused-ring (bicyclic) bond motifs is 1. The molecule has 0 aliphatic heterocycles. The van der Waals surface area contributed by atoms with Crippen LogP contribution in [0.2, 0.25) is 5.02 Å². The number of amides is 1. The van der Waals surface area contributed by atoms with E-state index in [0.717, 1.165) is 25.0 Å². The first-order valence-corrected chi connectivity index (χ1v) is 7.48. The molecule has 8 heteroatoms. The van der Waals surface area contributed by atoms with Crippen LogP contribution in [0.1, 0.15) is 27.3 Å². The first-order chi connectivity index (χ1) is 10.1. The Hall–Kier alpha value is -1.99. The van der Waals surface area contributed by atoms with Gasteiger partial charge in [0, 0.05) is 10.9 Å². The number of anilines is 1. The van der Waals surface area contributed by atoms with Crippen LogP contribution in [0.5, 0.6) is 0 Å². The molecule has 1 aromatic heterocycles. The molecule has 1 aliphatic carbocycles. The van der Waals surface area contributed by atoms with Crippen LogP contribution in [-0.2, 0) is 12.8 Å². The van der Waals surface area contributed by atoms with E-state index in [9.17, 15) is 14.9 Å². The maximum Gasteiger partial charge on any atom is 0.288 e. The number of hydrogen-bond donors (Lipinski definition) is 1. The number of carbonyl (C=O) groups excluding carboxylic acids is 1. The Morgan fingerprint density at radius 3 is 2.95 bits per heavy atom. The molecule has 0 bridgehead atoms. The second-order valence-corrected chi connectivity index (χ2v) is 6.05. The number of nitrogens with one attached hydrogen (secondary N) is 1. The van der Waals surface area contributed by atoms with Gasteiger partial charge in [0.15, 0.2) is 5.13 Å². The number of aryl methyl sites for hydroxylation is 2. The summed E-state index contributed by atoms with van der Waals surface area (Å²) in [6.45, 7) is 0. The lowest BCUT2D eigenvalue weighted by Crippen LogP contribution is -2.13. The van der Waals surface area contributed by atoms with Gasteiger partial charge >= 0.3 is 0 Å². The van der Waals surface area contributed by atoms with E-state index in [1.165, 1.54) is 34.4 Å². The molecule has 0 radical (unpaired) electrons. The minimum Gasteiger partial charge on any atom is -0.298 e. The van der Waals surface area contributed by atoms with Crippen molar-refractivity contribution in [3.63, 3.8) is 0 Å². The number of nitrogens with zero attached hydrogens (tertiary/aromatic N) is 2. The highest BCUT2D eigenvalue weighted by atomic mass is 35.5. The normalized spacial score (nSPS) is 13.0. The number of nitro groups is 1. The molecule has 1 heterocycles. The van der Waals surface area contributed by atoms with Crippen LogP contribution in [0, 0.1) is 10.1 Å². The third-order valence-corrected chi connectivity index (χ3v) is 4.71. The summed E-state index contributed by atoms with van der Waals surface area (Å²) in [6, 6.07) is 4.14. The molecule has 3 rings (SSSR count). The maximum absolute atomic E-state index is 12.2. The molecule has 0 saturated carbocycles. The van der Waals surface area contributed by atoms with Gasteiger partial charge in [0.1, 0.15) is 5.02 Å². The molecule has 1 aliphatic rings. The first-order valence-electron chi connectivity index (χ1n) is 6.29. The van der Waals surface area contributed by atoms with Crippen LogP contribution < -0.4 is 5.32 Å². The van der Waals surface area contributed by atoms with Crippen LogP contribution >= 0.6 is 22.9 Å². The van der Waals surface area contributed by atoms with Crippen molar-refractivity contribution >= 4 is 39.7 Å². The van der Waals surface area contributed by atoms with Crippen LogP contribution in [0.15, 0.2) is 18.2 Å². The quantitative estimate of drug-likeness (QED) is 0.692. The number of halogens is 1. The van der Waals surface area contributed by atoms with Crippen molar-refractivity contribution in [1.82, 2.24) is 4.98 Å². The SMILES string of the molecule is O=C(Nc1nc2c(s1)CCC2)c1cccc([N+](=O)[O-])c1Cl. The van der Waals surface area contributed by atoms with E-state index in [4.69, 9.17) is 11.6 Å². The van der Waals surface area contributed by atoms with Crippen molar-refractivity contribution in [2.75, 3.05) is 5.32 Å². The van der Waals surface area contributed by atoms with Crippen molar-refractivity contribution < 1.29 is 9.72 Å². The van der Waals surface area contributed by atoms with E-state index in [1.807, 2.05) is 0 Å². The van der Waals surface area contributed by atoms with Gasteiger partial charge in [-0.1, -0.05) is 17.7 Å². The number of rotatable bonds is 3. The van der Waals surface area contributed by atoms with Gasteiger partial charge in [-0.05, 0) is 25.3 Å². The van der Waals surface area contributed by atoms with E-state index in [1.54, 1.807) is 0 Å². The number of nitro benzene ring substituents is 1. The van der Waals surface area contributed by atoms with Gasteiger partial charge in [-0.15, -0.1) is 11.3 Å². The number of aromatic nitrogens is 1. The Kier molecular flexibility index (Phi) is 3.60. The number of benzene rings is 1. The van der Waals surface area contributed by atoms with Gasteiger partial charge in [0.05, 0.1) is 16.2 Å². The highest BCUT2D eigenvalue weighted by Gasteiger charge is 2.22. The van der Waals surface area contributed by atoms with Crippen molar-refractivity contribution in [1.29, 1.82) is 0 Å². The van der Waals surface area contributed by atoms with Gasteiger partial charge < -0.3 is 0 Å². The second-order valence-electron chi connectivity index (χ2n) is 4.59. The summed E-state index contributed by atoms with van der Waals surface area (Å²) in [4.78, 5) is 27.9. The Labute approximate surface area is 128 Å².